The van der Waals surface area contributed by atoms with E-state index in [9.17, 15) is 5.11 Å². The summed E-state index contributed by atoms with van der Waals surface area (Å²) in [6, 6.07) is 0. The summed E-state index contributed by atoms with van der Waals surface area (Å²) in [6.07, 6.45) is -1.28. The summed E-state index contributed by atoms with van der Waals surface area (Å²) < 4.78 is 4.71. The van der Waals surface area contributed by atoms with Crippen molar-refractivity contribution in [3.63, 3.8) is 0 Å². The summed E-state index contributed by atoms with van der Waals surface area (Å²) >= 11 is 0. The molecule has 26 heavy (non-hydrogen) atoms. The molecule has 0 aromatic carbocycles. The van der Waals surface area contributed by atoms with E-state index in [-0.39, 0.29) is 12.5 Å². The highest BCUT2D eigenvalue weighted by Crippen LogP contribution is 2.18. The number of rotatable bonds is 9. The molecule has 0 bridgehead atoms. The monoisotopic (exact) mass is 383 g/mol. The van der Waals surface area contributed by atoms with Crippen molar-refractivity contribution in [2.75, 3.05) is 19.7 Å². The average molecular weight is 384 g/mol. The molecule has 1 heterocycles. The van der Waals surface area contributed by atoms with Gasteiger partial charge in [0.05, 0.1) is 24.9 Å². The molecule has 0 radical (unpaired) electrons. The van der Waals surface area contributed by atoms with E-state index in [1.165, 1.54) is 12.8 Å². The second-order valence-corrected chi connectivity index (χ2v) is 6.24. The molecule has 6 unspecified atom stereocenters. The Bertz CT molecular complexity index is 295. The van der Waals surface area contributed by atoms with E-state index in [1.807, 2.05) is 13.8 Å². The van der Waals surface area contributed by atoms with Crippen LogP contribution in [-0.4, -0.2) is 87.1 Å². The Kier molecular flexibility index (Phi) is 19.4. The average Bonchev–Trinajstić information content (AvgIpc) is 2.59. The summed E-state index contributed by atoms with van der Waals surface area (Å²) in [7, 11) is 0. The molecule has 0 amide bonds. The molecule has 1 aliphatic rings. The summed E-state index contributed by atoms with van der Waals surface area (Å²) in [5.41, 5.74) is 0. The smallest absolute Gasteiger partial charge is 0.157 e. The van der Waals surface area contributed by atoms with Gasteiger partial charge in [0.2, 0.25) is 0 Å². The first kappa shape index (κ1) is 27.9. The quantitative estimate of drug-likeness (QED) is 0.270. The fourth-order valence-electron chi connectivity index (χ4n) is 2.29. The van der Waals surface area contributed by atoms with Crippen molar-refractivity contribution >= 4 is 0 Å². The van der Waals surface area contributed by atoms with Crippen LogP contribution >= 0.6 is 0 Å². The molecular weight excluding hydrogens is 342 g/mol. The van der Waals surface area contributed by atoms with Gasteiger partial charge in [-0.15, -0.1) is 0 Å². The van der Waals surface area contributed by atoms with Gasteiger partial charge in [-0.1, -0.05) is 27.2 Å². The molecule has 1 fully saturated rings. The van der Waals surface area contributed by atoms with Gasteiger partial charge in [0.15, 0.2) is 6.29 Å². The van der Waals surface area contributed by atoms with Crippen molar-refractivity contribution in [1.82, 2.24) is 5.32 Å². The van der Waals surface area contributed by atoms with Gasteiger partial charge in [0.1, 0.15) is 12.2 Å². The third-order valence-electron chi connectivity index (χ3n) is 3.70. The van der Waals surface area contributed by atoms with Gasteiger partial charge < -0.3 is 40.7 Å². The van der Waals surface area contributed by atoms with E-state index in [0.29, 0.717) is 6.42 Å². The first-order valence-electron chi connectivity index (χ1n) is 9.69. The first-order valence-corrected chi connectivity index (χ1v) is 9.69. The molecule has 1 aliphatic heterocycles. The van der Waals surface area contributed by atoms with Crippen molar-refractivity contribution in [1.29, 1.82) is 0 Å². The molecule has 1 rings (SSSR count). The minimum absolute atomic E-state index is 0.0162. The van der Waals surface area contributed by atoms with E-state index in [2.05, 4.69) is 12.2 Å². The van der Waals surface area contributed by atoms with E-state index >= 15 is 0 Å². The van der Waals surface area contributed by atoms with Gasteiger partial charge in [-0.3, -0.25) is 0 Å². The highest BCUT2D eigenvalue weighted by molar-refractivity contribution is 4.81. The number of aliphatic hydroxyl groups is 6. The molecule has 0 aromatic rings. The largest absolute Gasteiger partial charge is 0.394 e. The number of hydrogen-bond donors (Lipinski definition) is 7. The molecule has 160 valence electrons. The molecule has 0 saturated carbocycles. The summed E-state index contributed by atoms with van der Waals surface area (Å²) in [5.74, 6) is 0. The van der Waals surface area contributed by atoms with Crippen molar-refractivity contribution in [2.24, 2.45) is 0 Å². The van der Waals surface area contributed by atoms with Crippen molar-refractivity contribution in [2.45, 2.75) is 96.6 Å². The third-order valence-corrected chi connectivity index (χ3v) is 3.70. The van der Waals surface area contributed by atoms with Crippen LogP contribution in [0.5, 0.6) is 0 Å². The lowest BCUT2D eigenvalue weighted by atomic mass is 10.0. The van der Waals surface area contributed by atoms with Crippen LogP contribution in [0.4, 0.5) is 0 Å². The number of nitrogens with one attached hydrogen (secondary N) is 1. The number of ether oxygens (including phenoxy) is 1. The zero-order valence-corrected chi connectivity index (χ0v) is 16.7. The molecule has 0 spiro atoms. The van der Waals surface area contributed by atoms with E-state index in [0.717, 1.165) is 19.5 Å². The molecular formula is C18H41NO7. The second-order valence-electron chi connectivity index (χ2n) is 6.24. The summed E-state index contributed by atoms with van der Waals surface area (Å²) in [5, 5.41) is 57.2. The van der Waals surface area contributed by atoms with Crippen LogP contribution in [-0.2, 0) is 4.74 Å². The Hall–Kier alpha value is -0.320. The lowest BCUT2D eigenvalue weighted by Crippen LogP contribution is -2.49. The normalized spacial score (nSPS) is 27.5. The fourth-order valence-corrected chi connectivity index (χ4v) is 2.29. The molecule has 0 aromatic heterocycles. The Balaban J connectivity index is 0. The van der Waals surface area contributed by atoms with E-state index in [4.69, 9.17) is 30.3 Å². The van der Waals surface area contributed by atoms with Gasteiger partial charge in [-0.05, 0) is 39.3 Å². The van der Waals surface area contributed by atoms with Crippen LogP contribution in [0.15, 0.2) is 0 Å². The molecule has 1 saturated heterocycles. The van der Waals surface area contributed by atoms with Crippen LogP contribution in [0.1, 0.15) is 59.8 Å². The Morgan fingerprint density at radius 3 is 2.23 bits per heavy atom. The van der Waals surface area contributed by atoms with Gasteiger partial charge in [-0.25, -0.2) is 0 Å². The van der Waals surface area contributed by atoms with E-state index < -0.39 is 37.3 Å². The number of unbranched alkanes of at least 4 members (excludes halogenated alkanes) is 1. The molecule has 8 nitrogen and oxygen atoms in total. The molecule has 6 atom stereocenters. The minimum atomic E-state index is -1.11. The van der Waals surface area contributed by atoms with Crippen LogP contribution in [0.2, 0.25) is 0 Å². The van der Waals surface area contributed by atoms with Crippen LogP contribution < -0.4 is 5.32 Å². The van der Waals surface area contributed by atoms with Gasteiger partial charge in [0.25, 0.3) is 0 Å². The van der Waals surface area contributed by atoms with Gasteiger partial charge in [-0.2, -0.15) is 0 Å². The third kappa shape index (κ3) is 14.8. The second kappa shape index (κ2) is 18.1. The topological polar surface area (TPSA) is 143 Å². The lowest BCUT2D eigenvalue weighted by Gasteiger charge is -2.33. The summed E-state index contributed by atoms with van der Waals surface area (Å²) in [6.45, 7) is 9.32. The molecule has 8 heteroatoms. The first-order chi connectivity index (χ1) is 12.3. The lowest BCUT2D eigenvalue weighted by molar-refractivity contribution is -0.239. The Morgan fingerprint density at radius 1 is 1.12 bits per heavy atom. The predicted molar refractivity (Wildman–Crippen MR) is 101 cm³/mol. The van der Waals surface area contributed by atoms with Crippen LogP contribution in [0, 0.1) is 0 Å². The Labute approximate surface area is 157 Å². The number of hydrogen-bond acceptors (Lipinski definition) is 8. The maximum absolute atomic E-state index is 9.38. The van der Waals surface area contributed by atoms with Gasteiger partial charge in [0, 0.05) is 6.42 Å². The highest BCUT2D eigenvalue weighted by Gasteiger charge is 2.35. The highest BCUT2D eigenvalue weighted by atomic mass is 16.6. The molecule has 7 N–H and O–H groups in total. The fraction of sp³-hybridized carbons (Fsp3) is 1.00. The predicted octanol–water partition coefficient (Wildman–Crippen LogP) is -0.268. The van der Waals surface area contributed by atoms with Crippen molar-refractivity contribution < 1.29 is 35.4 Å². The number of aliphatic hydroxyl groups excluding tert-OH is 6. The summed E-state index contributed by atoms with van der Waals surface area (Å²) in [4.78, 5) is 0. The van der Waals surface area contributed by atoms with Crippen molar-refractivity contribution in [3.8, 4) is 0 Å². The van der Waals surface area contributed by atoms with Crippen LogP contribution in [0.25, 0.3) is 0 Å². The zero-order valence-electron chi connectivity index (χ0n) is 16.7. The maximum atomic E-state index is 9.38. The van der Waals surface area contributed by atoms with Crippen LogP contribution in [0.3, 0.4) is 0 Å². The maximum Gasteiger partial charge on any atom is 0.157 e. The minimum Gasteiger partial charge on any atom is -0.394 e. The van der Waals surface area contributed by atoms with Gasteiger partial charge >= 0.3 is 0 Å². The molecule has 0 aliphatic carbocycles. The standard InChI is InChI=1S/C10H23NO2.C6H12O5.C2H6/c1-3-4-6-11-7-5-10(13)8-9(2)12;7-2-4-6(10)3(8)1-5(9)11-4;1-2/h9-13H,3-8H2,1-2H3;3-10H,1-2H2;1-2H3. The Morgan fingerprint density at radius 2 is 1.73 bits per heavy atom. The zero-order chi connectivity index (χ0) is 20.5. The van der Waals surface area contributed by atoms with Crippen molar-refractivity contribution in [3.05, 3.63) is 0 Å². The SMILES string of the molecule is CC.CCCCNCCC(O)CC(C)O.OCC1OC(O)CC(O)C1O. The van der Waals surface area contributed by atoms with E-state index in [1.54, 1.807) is 6.92 Å².